The highest BCUT2D eigenvalue weighted by molar-refractivity contribution is 7.99. The number of imidazole rings is 1. The summed E-state index contributed by atoms with van der Waals surface area (Å²) in [6.07, 6.45) is 3.71. The zero-order valence-electron chi connectivity index (χ0n) is 9.51. The van der Waals surface area contributed by atoms with E-state index in [4.69, 9.17) is 17.3 Å². The Hall–Kier alpha value is -0.970. The number of rotatable bonds is 4. The normalized spacial score (nSPS) is 12.6. The van der Waals surface area contributed by atoms with Gasteiger partial charge in [-0.15, -0.1) is 11.8 Å². The van der Waals surface area contributed by atoms with Crippen LogP contribution in [0.3, 0.4) is 0 Å². The summed E-state index contributed by atoms with van der Waals surface area (Å²) in [5.41, 5.74) is 6.98. The van der Waals surface area contributed by atoms with Crippen molar-refractivity contribution in [3.05, 3.63) is 47.5 Å². The third kappa shape index (κ3) is 3.49. The molecular weight excluding hydrogens is 254 g/mol. The Kier molecular flexibility index (Phi) is 4.10. The molecule has 0 spiro atoms. The number of aryl methyl sites for hydroxylation is 1. The van der Waals surface area contributed by atoms with E-state index in [9.17, 15) is 0 Å². The molecule has 90 valence electrons. The van der Waals surface area contributed by atoms with Crippen molar-refractivity contribution in [1.82, 2.24) is 9.55 Å². The molecule has 0 fully saturated rings. The third-order valence-corrected chi connectivity index (χ3v) is 3.68. The van der Waals surface area contributed by atoms with Crippen LogP contribution in [0.15, 0.2) is 41.7 Å². The first kappa shape index (κ1) is 12.5. The topological polar surface area (TPSA) is 43.8 Å². The Morgan fingerprint density at radius 3 is 3.00 bits per heavy atom. The highest BCUT2D eigenvalue weighted by Gasteiger charge is 2.09. The van der Waals surface area contributed by atoms with Crippen LogP contribution in [0.1, 0.15) is 11.7 Å². The first-order valence-electron chi connectivity index (χ1n) is 5.27. The van der Waals surface area contributed by atoms with Crippen molar-refractivity contribution in [3.8, 4) is 0 Å². The molecule has 1 aromatic heterocycles. The van der Waals surface area contributed by atoms with Crippen LogP contribution >= 0.6 is 23.4 Å². The lowest BCUT2D eigenvalue weighted by Crippen LogP contribution is -2.13. The summed E-state index contributed by atoms with van der Waals surface area (Å²) in [4.78, 5) is 5.37. The SMILES string of the molecule is Cn1cnc(C(N)CSc2cccc(Cl)c2)c1. The largest absolute Gasteiger partial charge is 0.340 e. The van der Waals surface area contributed by atoms with Crippen molar-refractivity contribution in [3.63, 3.8) is 0 Å². The number of halogens is 1. The van der Waals surface area contributed by atoms with Gasteiger partial charge in [-0.25, -0.2) is 4.98 Å². The van der Waals surface area contributed by atoms with Gasteiger partial charge in [-0.3, -0.25) is 0 Å². The number of hydrogen-bond acceptors (Lipinski definition) is 3. The molecule has 0 radical (unpaired) electrons. The molecule has 0 saturated heterocycles. The first-order valence-corrected chi connectivity index (χ1v) is 6.63. The smallest absolute Gasteiger partial charge is 0.0947 e. The minimum atomic E-state index is -0.0554. The molecule has 1 unspecified atom stereocenters. The summed E-state index contributed by atoms with van der Waals surface area (Å²) >= 11 is 7.61. The van der Waals surface area contributed by atoms with E-state index >= 15 is 0 Å². The van der Waals surface area contributed by atoms with Crippen molar-refractivity contribution >= 4 is 23.4 Å². The quantitative estimate of drug-likeness (QED) is 0.867. The summed E-state index contributed by atoms with van der Waals surface area (Å²) in [5.74, 6) is 0.789. The molecule has 0 saturated carbocycles. The third-order valence-electron chi connectivity index (χ3n) is 2.33. The van der Waals surface area contributed by atoms with Crippen LogP contribution in [-0.4, -0.2) is 15.3 Å². The molecular formula is C12H14ClN3S. The molecule has 2 N–H and O–H groups in total. The minimum absolute atomic E-state index is 0.0554. The summed E-state index contributed by atoms with van der Waals surface area (Å²) < 4.78 is 1.90. The molecule has 1 atom stereocenters. The van der Waals surface area contributed by atoms with Crippen molar-refractivity contribution < 1.29 is 0 Å². The van der Waals surface area contributed by atoms with Crippen LogP contribution in [-0.2, 0) is 7.05 Å². The molecule has 5 heteroatoms. The van der Waals surface area contributed by atoms with Gasteiger partial charge in [0.25, 0.3) is 0 Å². The van der Waals surface area contributed by atoms with E-state index in [0.29, 0.717) is 0 Å². The van der Waals surface area contributed by atoms with Crippen LogP contribution in [0.25, 0.3) is 0 Å². The number of aromatic nitrogens is 2. The summed E-state index contributed by atoms with van der Waals surface area (Å²) in [7, 11) is 1.94. The summed E-state index contributed by atoms with van der Waals surface area (Å²) in [6, 6.07) is 7.72. The van der Waals surface area contributed by atoms with E-state index in [1.165, 1.54) is 0 Å². The zero-order chi connectivity index (χ0) is 12.3. The van der Waals surface area contributed by atoms with Gasteiger partial charge in [0.1, 0.15) is 0 Å². The Morgan fingerprint density at radius 2 is 2.35 bits per heavy atom. The van der Waals surface area contributed by atoms with Crippen LogP contribution in [0.5, 0.6) is 0 Å². The van der Waals surface area contributed by atoms with Crippen molar-refractivity contribution in [2.24, 2.45) is 12.8 Å². The Morgan fingerprint density at radius 1 is 1.53 bits per heavy atom. The minimum Gasteiger partial charge on any atom is -0.340 e. The van der Waals surface area contributed by atoms with Gasteiger partial charge in [0.05, 0.1) is 18.1 Å². The number of benzene rings is 1. The molecule has 2 aromatic rings. The zero-order valence-corrected chi connectivity index (χ0v) is 11.1. The molecule has 0 aliphatic carbocycles. The average molecular weight is 268 g/mol. The maximum atomic E-state index is 6.06. The van der Waals surface area contributed by atoms with Gasteiger partial charge in [0.2, 0.25) is 0 Å². The van der Waals surface area contributed by atoms with Crippen LogP contribution < -0.4 is 5.73 Å². The maximum absolute atomic E-state index is 6.06. The second kappa shape index (κ2) is 5.58. The molecule has 0 bridgehead atoms. The standard InChI is InChI=1S/C12H14ClN3S/c1-16-6-12(15-8-16)11(14)7-17-10-4-2-3-9(13)5-10/h2-6,8,11H,7,14H2,1H3. The van der Waals surface area contributed by atoms with Gasteiger partial charge in [0.15, 0.2) is 0 Å². The maximum Gasteiger partial charge on any atom is 0.0947 e. The van der Waals surface area contributed by atoms with E-state index < -0.39 is 0 Å². The highest BCUT2D eigenvalue weighted by Crippen LogP contribution is 2.24. The monoisotopic (exact) mass is 267 g/mol. The first-order chi connectivity index (χ1) is 8.15. The fourth-order valence-corrected chi connectivity index (χ4v) is 2.64. The summed E-state index contributed by atoms with van der Waals surface area (Å²) in [6.45, 7) is 0. The lowest BCUT2D eigenvalue weighted by molar-refractivity contribution is 0.798. The molecule has 17 heavy (non-hydrogen) atoms. The summed E-state index contributed by atoms with van der Waals surface area (Å²) in [5, 5.41) is 0.751. The molecule has 0 amide bonds. The molecule has 2 rings (SSSR count). The second-order valence-corrected chi connectivity index (χ2v) is 5.37. The molecule has 0 aliphatic heterocycles. The Bertz CT molecular complexity index is 498. The fraction of sp³-hybridized carbons (Fsp3) is 0.250. The predicted molar refractivity (Wildman–Crippen MR) is 72.3 cm³/mol. The number of nitrogens with zero attached hydrogens (tertiary/aromatic N) is 2. The van der Waals surface area contributed by atoms with Gasteiger partial charge >= 0.3 is 0 Å². The van der Waals surface area contributed by atoms with Gasteiger partial charge in [-0.1, -0.05) is 17.7 Å². The van der Waals surface area contributed by atoms with Crippen LogP contribution in [0.4, 0.5) is 0 Å². The fourth-order valence-electron chi connectivity index (χ4n) is 1.45. The predicted octanol–water partition coefficient (Wildman–Crippen LogP) is 2.87. The van der Waals surface area contributed by atoms with Crippen LogP contribution in [0, 0.1) is 0 Å². The van der Waals surface area contributed by atoms with Crippen LogP contribution in [0.2, 0.25) is 5.02 Å². The number of hydrogen-bond donors (Lipinski definition) is 1. The second-order valence-electron chi connectivity index (χ2n) is 3.84. The van der Waals surface area contributed by atoms with Crippen molar-refractivity contribution in [1.29, 1.82) is 0 Å². The van der Waals surface area contributed by atoms with E-state index in [-0.39, 0.29) is 6.04 Å². The van der Waals surface area contributed by atoms with Gasteiger partial charge in [0, 0.05) is 28.9 Å². The molecule has 0 aliphatic rings. The lowest BCUT2D eigenvalue weighted by atomic mass is 10.3. The van der Waals surface area contributed by atoms with E-state index in [1.807, 2.05) is 42.1 Å². The van der Waals surface area contributed by atoms with Crippen molar-refractivity contribution in [2.75, 3.05) is 5.75 Å². The average Bonchev–Trinajstić information content (AvgIpc) is 2.73. The molecule has 1 heterocycles. The van der Waals surface area contributed by atoms with Gasteiger partial charge in [-0.2, -0.15) is 0 Å². The van der Waals surface area contributed by atoms with Gasteiger partial charge in [-0.05, 0) is 18.2 Å². The highest BCUT2D eigenvalue weighted by atomic mass is 35.5. The van der Waals surface area contributed by atoms with Crippen molar-refractivity contribution in [2.45, 2.75) is 10.9 Å². The number of nitrogens with two attached hydrogens (primary N) is 1. The lowest BCUT2D eigenvalue weighted by Gasteiger charge is -2.08. The number of thioether (sulfide) groups is 1. The molecule has 1 aromatic carbocycles. The van der Waals surface area contributed by atoms with E-state index in [1.54, 1.807) is 18.1 Å². The van der Waals surface area contributed by atoms with E-state index in [2.05, 4.69) is 4.98 Å². The Balaban J connectivity index is 1.94. The molecule has 3 nitrogen and oxygen atoms in total. The van der Waals surface area contributed by atoms with E-state index in [0.717, 1.165) is 21.4 Å². The van der Waals surface area contributed by atoms with Gasteiger partial charge < -0.3 is 10.3 Å². The Labute approximate surface area is 110 Å².